The number of benzene rings is 1. The van der Waals surface area contributed by atoms with Crippen molar-refractivity contribution in [3.05, 3.63) is 38.1 Å². The number of aromatic carboxylic acids is 1. The van der Waals surface area contributed by atoms with Crippen molar-refractivity contribution in [2.24, 2.45) is 0 Å². The summed E-state index contributed by atoms with van der Waals surface area (Å²) in [6, 6.07) is 2.53. The van der Waals surface area contributed by atoms with Crippen molar-refractivity contribution < 1.29 is 18.3 Å². The molecule has 1 heterocycles. The van der Waals surface area contributed by atoms with Crippen molar-refractivity contribution in [1.29, 1.82) is 0 Å². The van der Waals surface area contributed by atoms with E-state index in [1.54, 1.807) is 12.4 Å². The van der Waals surface area contributed by atoms with E-state index >= 15 is 0 Å². The van der Waals surface area contributed by atoms with Crippen LogP contribution < -0.4 is 4.72 Å². The molecule has 6 nitrogen and oxygen atoms in total. The Morgan fingerprint density at radius 1 is 1.39 bits per heavy atom. The fourth-order valence-corrected chi connectivity index (χ4v) is 4.48. The SMILES string of the molecule is Cc1c(Br)cc(S(=O)(=O)Nc2ncsc2C(C)C)cc1C(=O)O. The minimum absolute atomic E-state index is 0.0675. The average molecular weight is 419 g/mol. The molecule has 0 fully saturated rings. The second kappa shape index (κ2) is 6.58. The lowest BCUT2D eigenvalue weighted by atomic mass is 10.1. The third kappa shape index (κ3) is 3.73. The fraction of sp³-hybridized carbons (Fsp3) is 0.286. The molecule has 9 heteroatoms. The third-order valence-corrected chi connectivity index (χ3v) is 6.48. The number of aromatic nitrogens is 1. The molecule has 0 aliphatic carbocycles. The van der Waals surface area contributed by atoms with Crippen LogP contribution in [-0.2, 0) is 10.0 Å². The molecule has 0 spiro atoms. The van der Waals surface area contributed by atoms with Crippen LogP contribution in [0.5, 0.6) is 0 Å². The first-order valence-electron chi connectivity index (χ1n) is 6.63. The number of anilines is 1. The van der Waals surface area contributed by atoms with Gasteiger partial charge in [-0.25, -0.2) is 18.2 Å². The van der Waals surface area contributed by atoms with Gasteiger partial charge in [-0.05, 0) is 30.5 Å². The molecule has 124 valence electrons. The Morgan fingerprint density at radius 3 is 2.61 bits per heavy atom. The molecule has 0 unspecified atom stereocenters. The van der Waals surface area contributed by atoms with E-state index in [0.717, 1.165) is 10.9 Å². The topological polar surface area (TPSA) is 96.4 Å². The van der Waals surface area contributed by atoms with E-state index in [9.17, 15) is 18.3 Å². The summed E-state index contributed by atoms with van der Waals surface area (Å²) in [6.45, 7) is 5.49. The Labute approximate surface area is 146 Å². The quantitative estimate of drug-likeness (QED) is 0.768. The summed E-state index contributed by atoms with van der Waals surface area (Å²) >= 11 is 4.57. The zero-order valence-corrected chi connectivity index (χ0v) is 15.8. The Morgan fingerprint density at radius 2 is 2.04 bits per heavy atom. The van der Waals surface area contributed by atoms with Crippen molar-refractivity contribution in [3.8, 4) is 0 Å². The number of carbonyl (C=O) groups is 1. The van der Waals surface area contributed by atoms with E-state index in [1.165, 1.54) is 17.4 Å². The van der Waals surface area contributed by atoms with Gasteiger partial charge in [-0.15, -0.1) is 11.3 Å². The minimum atomic E-state index is -3.93. The molecule has 0 aliphatic heterocycles. The number of rotatable bonds is 5. The van der Waals surface area contributed by atoms with Gasteiger partial charge in [0.05, 0.1) is 20.8 Å². The van der Waals surface area contributed by atoms with Gasteiger partial charge < -0.3 is 5.11 Å². The first-order valence-corrected chi connectivity index (χ1v) is 9.78. The van der Waals surface area contributed by atoms with Gasteiger partial charge in [-0.2, -0.15) is 0 Å². The molecule has 2 aromatic rings. The van der Waals surface area contributed by atoms with Crippen molar-refractivity contribution in [3.63, 3.8) is 0 Å². The monoisotopic (exact) mass is 418 g/mol. The van der Waals surface area contributed by atoms with Gasteiger partial charge in [0.15, 0.2) is 5.82 Å². The van der Waals surface area contributed by atoms with Crippen LogP contribution >= 0.6 is 27.3 Å². The molecule has 0 radical (unpaired) electrons. The van der Waals surface area contributed by atoms with Gasteiger partial charge in [-0.1, -0.05) is 29.8 Å². The predicted molar refractivity (Wildman–Crippen MR) is 92.8 cm³/mol. The Kier molecular flexibility index (Phi) is 5.12. The number of sulfonamides is 1. The van der Waals surface area contributed by atoms with Crippen LogP contribution in [0.15, 0.2) is 27.0 Å². The number of nitrogens with one attached hydrogen (secondary N) is 1. The van der Waals surface area contributed by atoms with Crippen LogP contribution in [0.25, 0.3) is 0 Å². The molecular weight excluding hydrogens is 404 g/mol. The van der Waals surface area contributed by atoms with E-state index in [2.05, 4.69) is 25.6 Å². The first kappa shape index (κ1) is 17.9. The summed E-state index contributed by atoms with van der Waals surface area (Å²) in [5.41, 5.74) is 1.97. The van der Waals surface area contributed by atoms with E-state index in [-0.39, 0.29) is 22.2 Å². The van der Waals surface area contributed by atoms with E-state index < -0.39 is 16.0 Å². The largest absolute Gasteiger partial charge is 0.478 e. The van der Waals surface area contributed by atoms with Gasteiger partial charge >= 0.3 is 5.97 Å². The predicted octanol–water partition coefficient (Wildman–Crippen LogP) is 3.84. The number of hydrogen-bond acceptors (Lipinski definition) is 5. The summed E-state index contributed by atoms with van der Waals surface area (Å²) in [6.07, 6.45) is 0. The van der Waals surface area contributed by atoms with Crippen molar-refractivity contribution in [1.82, 2.24) is 4.98 Å². The zero-order valence-electron chi connectivity index (χ0n) is 12.6. The normalized spacial score (nSPS) is 11.7. The smallest absolute Gasteiger partial charge is 0.336 e. The van der Waals surface area contributed by atoms with E-state index in [0.29, 0.717) is 10.0 Å². The second-order valence-electron chi connectivity index (χ2n) is 5.21. The summed E-state index contributed by atoms with van der Waals surface area (Å²) in [5.74, 6) is -0.783. The Balaban J connectivity index is 2.48. The molecule has 2 N–H and O–H groups in total. The number of carboxylic acids is 1. The number of carboxylic acid groups (broad SMARTS) is 1. The molecule has 0 atom stereocenters. The maximum atomic E-state index is 12.6. The molecule has 1 aromatic heterocycles. The molecule has 0 saturated carbocycles. The highest BCUT2D eigenvalue weighted by Crippen LogP contribution is 2.30. The lowest BCUT2D eigenvalue weighted by Crippen LogP contribution is -2.16. The summed E-state index contributed by atoms with van der Waals surface area (Å²) in [4.78, 5) is 16.0. The summed E-state index contributed by atoms with van der Waals surface area (Å²) in [5, 5.41) is 9.21. The molecule has 23 heavy (non-hydrogen) atoms. The highest BCUT2D eigenvalue weighted by Gasteiger charge is 2.22. The Hall–Kier alpha value is -1.45. The molecule has 2 rings (SSSR count). The molecule has 0 saturated heterocycles. The van der Waals surface area contributed by atoms with Crippen LogP contribution in [0.3, 0.4) is 0 Å². The van der Waals surface area contributed by atoms with Crippen LogP contribution in [0.4, 0.5) is 5.82 Å². The maximum absolute atomic E-state index is 12.6. The van der Waals surface area contributed by atoms with Gasteiger partial charge in [0.1, 0.15) is 0 Å². The lowest BCUT2D eigenvalue weighted by Gasteiger charge is -2.12. The van der Waals surface area contributed by atoms with Crippen molar-refractivity contribution >= 4 is 49.1 Å². The lowest BCUT2D eigenvalue weighted by molar-refractivity contribution is 0.0695. The van der Waals surface area contributed by atoms with Crippen LogP contribution in [0, 0.1) is 6.92 Å². The van der Waals surface area contributed by atoms with Gasteiger partial charge in [0.25, 0.3) is 10.0 Å². The van der Waals surface area contributed by atoms with Crippen LogP contribution in [-0.4, -0.2) is 24.5 Å². The minimum Gasteiger partial charge on any atom is -0.478 e. The number of nitrogens with zero attached hydrogens (tertiary/aromatic N) is 1. The fourth-order valence-electron chi connectivity index (χ4n) is 1.96. The van der Waals surface area contributed by atoms with Gasteiger partial charge in [-0.3, -0.25) is 4.72 Å². The van der Waals surface area contributed by atoms with E-state index in [1.807, 2.05) is 13.8 Å². The first-order chi connectivity index (χ1) is 10.6. The third-order valence-electron chi connectivity index (χ3n) is 3.21. The summed E-state index contributed by atoms with van der Waals surface area (Å²) in [7, 11) is -3.93. The molecule has 1 aromatic carbocycles. The molecule has 0 amide bonds. The highest BCUT2D eigenvalue weighted by atomic mass is 79.9. The average Bonchev–Trinajstić information content (AvgIpc) is 2.88. The Bertz CT molecular complexity index is 860. The maximum Gasteiger partial charge on any atom is 0.336 e. The van der Waals surface area contributed by atoms with Gasteiger partial charge in [0.2, 0.25) is 0 Å². The molecule has 0 bridgehead atoms. The molecular formula is C14H15BrN2O4S2. The van der Waals surface area contributed by atoms with Crippen LogP contribution in [0.2, 0.25) is 0 Å². The van der Waals surface area contributed by atoms with Crippen LogP contribution in [0.1, 0.15) is 40.6 Å². The summed E-state index contributed by atoms with van der Waals surface area (Å²) < 4.78 is 28.0. The number of thiazole rings is 1. The standard InChI is InChI=1S/C14H15BrN2O4S2/c1-7(2)12-13(16-6-22-12)17-23(20,21)9-4-10(14(18)19)8(3)11(15)5-9/h4-7,17H,1-3H3,(H,18,19). The zero-order chi connectivity index (χ0) is 17.4. The van der Waals surface area contributed by atoms with Gasteiger partial charge in [0, 0.05) is 4.47 Å². The molecule has 0 aliphatic rings. The van der Waals surface area contributed by atoms with Crippen molar-refractivity contribution in [2.45, 2.75) is 31.6 Å². The number of halogens is 1. The number of hydrogen-bond donors (Lipinski definition) is 2. The van der Waals surface area contributed by atoms with E-state index in [4.69, 9.17) is 0 Å². The second-order valence-corrected chi connectivity index (χ2v) is 8.63. The van der Waals surface area contributed by atoms with Crippen molar-refractivity contribution in [2.75, 3.05) is 4.72 Å². The highest BCUT2D eigenvalue weighted by molar-refractivity contribution is 9.10.